The Kier molecular flexibility index (Phi) is 4.19. The van der Waals surface area contributed by atoms with Crippen molar-refractivity contribution >= 4 is 34.6 Å². The van der Waals surface area contributed by atoms with Gasteiger partial charge >= 0.3 is 0 Å². The highest BCUT2D eigenvalue weighted by Gasteiger charge is 2.42. The fourth-order valence-corrected chi connectivity index (χ4v) is 3.61. The highest BCUT2D eigenvalue weighted by molar-refractivity contribution is 7.80. The molecule has 126 valence electrons. The third-order valence-corrected chi connectivity index (χ3v) is 4.82. The van der Waals surface area contributed by atoms with Gasteiger partial charge in [-0.1, -0.05) is 17.7 Å². The second-order valence-corrected chi connectivity index (χ2v) is 6.74. The molecular formula is C19H16ClN3OS. The lowest BCUT2D eigenvalue weighted by atomic mass is 10.0. The van der Waals surface area contributed by atoms with Gasteiger partial charge in [-0.25, -0.2) is 0 Å². The summed E-state index contributed by atoms with van der Waals surface area (Å²) in [4.78, 5) is 6.57. The topological polar surface area (TPSA) is 41.3 Å². The van der Waals surface area contributed by atoms with E-state index >= 15 is 0 Å². The monoisotopic (exact) mass is 369 g/mol. The molecule has 2 aromatic heterocycles. The van der Waals surface area contributed by atoms with Gasteiger partial charge < -0.3 is 14.6 Å². The standard InChI is InChI=1S/C19H16ClN3OS/c1-12-5-10-16(24-12)18-17(15-4-2-3-11-21-15)22-19(25)23(18)14-8-6-13(20)7-9-14/h2-11,17-18H,1H3,(H,22,25)/t17-,18+/m0/s1. The van der Waals surface area contributed by atoms with Crippen LogP contribution < -0.4 is 10.2 Å². The Bertz CT molecular complexity index is 895. The third-order valence-electron chi connectivity index (χ3n) is 4.26. The van der Waals surface area contributed by atoms with Gasteiger partial charge in [-0.2, -0.15) is 0 Å². The number of pyridine rings is 1. The Morgan fingerprint density at radius 1 is 1.12 bits per heavy atom. The second kappa shape index (κ2) is 6.50. The minimum Gasteiger partial charge on any atom is -0.464 e. The zero-order valence-electron chi connectivity index (χ0n) is 13.5. The average molecular weight is 370 g/mol. The average Bonchev–Trinajstić information content (AvgIpc) is 3.20. The van der Waals surface area contributed by atoms with E-state index in [9.17, 15) is 0 Å². The van der Waals surface area contributed by atoms with Crippen LogP contribution in [0.4, 0.5) is 5.69 Å². The first-order valence-electron chi connectivity index (χ1n) is 7.96. The molecule has 3 aromatic rings. The predicted octanol–water partition coefficient (Wildman–Crippen LogP) is 4.81. The first-order chi connectivity index (χ1) is 12.1. The number of thiocarbonyl (C=S) groups is 1. The van der Waals surface area contributed by atoms with Crippen molar-refractivity contribution in [2.45, 2.75) is 19.0 Å². The molecule has 1 aromatic carbocycles. The van der Waals surface area contributed by atoms with Crippen LogP contribution in [-0.2, 0) is 0 Å². The van der Waals surface area contributed by atoms with Gasteiger partial charge in [-0.15, -0.1) is 0 Å². The van der Waals surface area contributed by atoms with Gasteiger partial charge in [0.25, 0.3) is 0 Å². The van der Waals surface area contributed by atoms with E-state index < -0.39 is 0 Å². The van der Waals surface area contributed by atoms with Crippen LogP contribution in [0.25, 0.3) is 0 Å². The van der Waals surface area contributed by atoms with Crippen molar-refractivity contribution in [1.82, 2.24) is 10.3 Å². The molecule has 0 unspecified atom stereocenters. The van der Waals surface area contributed by atoms with Crippen molar-refractivity contribution < 1.29 is 4.42 Å². The Hall–Kier alpha value is -2.37. The van der Waals surface area contributed by atoms with Crippen molar-refractivity contribution in [1.29, 1.82) is 0 Å². The molecule has 3 heterocycles. The largest absolute Gasteiger partial charge is 0.464 e. The van der Waals surface area contributed by atoms with Crippen LogP contribution in [-0.4, -0.2) is 10.1 Å². The number of nitrogens with one attached hydrogen (secondary N) is 1. The van der Waals surface area contributed by atoms with Gasteiger partial charge in [0.1, 0.15) is 17.6 Å². The number of furan rings is 1. The minimum absolute atomic E-state index is 0.102. The van der Waals surface area contributed by atoms with Gasteiger partial charge in [0.15, 0.2) is 5.11 Å². The van der Waals surface area contributed by atoms with E-state index in [0.717, 1.165) is 22.9 Å². The maximum Gasteiger partial charge on any atom is 0.174 e. The summed E-state index contributed by atoms with van der Waals surface area (Å²) in [6, 6.07) is 17.2. The van der Waals surface area contributed by atoms with E-state index in [1.165, 1.54) is 0 Å². The smallest absolute Gasteiger partial charge is 0.174 e. The molecule has 1 N–H and O–H groups in total. The summed E-state index contributed by atoms with van der Waals surface area (Å²) in [6.07, 6.45) is 1.79. The molecule has 6 heteroatoms. The van der Waals surface area contributed by atoms with E-state index in [1.54, 1.807) is 6.20 Å². The van der Waals surface area contributed by atoms with Crippen LogP contribution in [0.5, 0.6) is 0 Å². The van der Waals surface area contributed by atoms with Gasteiger partial charge in [0.05, 0.1) is 11.7 Å². The molecule has 0 spiro atoms. The maximum absolute atomic E-state index is 6.04. The molecule has 25 heavy (non-hydrogen) atoms. The minimum atomic E-state index is -0.128. The number of aryl methyl sites for hydroxylation is 1. The fraction of sp³-hybridized carbons (Fsp3) is 0.158. The number of nitrogens with zero attached hydrogens (tertiary/aromatic N) is 2. The predicted molar refractivity (Wildman–Crippen MR) is 103 cm³/mol. The quantitative estimate of drug-likeness (QED) is 0.671. The zero-order chi connectivity index (χ0) is 17.4. The molecule has 4 rings (SSSR count). The molecule has 1 aliphatic heterocycles. The van der Waals surface area contributed by atoms with Crippen LogP contribution >= 0.6 is 23.8 Å². The summed E-state index contributed by atoms with van der Waals surface area (Å²) in [5, 5.41) is 4.72. The molecule has 0 aliphatic carbocycles. The Balaban J connectivity index is 1.81. The molecule has 2 atom stereocenters. The van der Waals surface area contributed by atoms with E-state index in [2.05, 4.69) is 15.2 Å². The van der Waals surface area contributed by atoms with Crippen LogP contribution in [0.2, 0.25) is 5.02 Å². The Labute approximate surface area is 156 Å². The Morgan fingerprint density at radius 3 is 2.56 bits per heavy atom. The van der Waals surface area contributed by atoms with E-state index in [1.807, 2.05) is 61.5 Å². The molecule has 0 radical (unpaired) electrons. The summed E-state index contributed by atoms with van der Waals surface area (Å²) in [6.45, 7) is 1.94. The lowest BCUT2D eigenvalue weighted by Gasteiger charge is -2.26. The number of hydrogen-bond donors (Lipinski definition) is 1. The molecule has 1 fully saturated rings. The first-order valence-corrected chi connectivity index (χ1v) is 8.74. The van der Waals surface area contributed by atoms with Crippen molar-refractivity contribution in [3.8, 4) is 0 Å². The van der Waals surface area contributed by atoms with Crippen LogP contribution in [0.3, 0.4) is 0 Å². The number of aromatic nitrogens is 1. The third kappa shape index (κ3) is 3.01. The van der Waals surface area contributed by atoms with Gasteiger partial charge in [-0.3, -0.25) is 4.98 Å². The van der Waals surface area contributed by atoms with Crippen molar-refractivity contribution in [3.63, 3.8) is 0 Å². The van der Waals surface area contributed by atoms with Crippen LogP contribution in [0.1, 0.15) is 29.3 Å². The normalized spacial score (nSPS) is 19.9. The Morgan fingerprint density at radius 2 is 1.92 bits per heavy atom. The molecule has 1 aliphatic rings. The molecule has 0 bridgehead atoms. The van der Waals surface area contributed by atoms with Crippen molar-refractivity contribution in [2.24, 2.45) is 0 Å². The highest BCUT2D eigenvalue weighted by atomic mass is 35.5. The van der Waals surface area contributed by atoms with Gasteiger partial charge in [0.2, 0.25) is 0 Å². The summed E-state index contributed by atoms with van der Waals surface area (Å²) >= 11 is 11.7. The fourth-order valence-electron chi connectivity index (χ4n) is 3.14. The zero-order valence-corrected chi connectivity index (χ0v) is 15.1. The molecule has 0 amide bonds. The first kappa shape index (κ1) is 16.1. The van der Waals surface area contributed by atoms with Gasteiger partial charge in [-0.05, 0) is 67.7 Å². The van der Waals surface area contributed by atoms with Gasteiger partial charge in [0, 0.05) is 16.9 Å². The van der Waals surface area contributed by atoms with E-state index in [4.69, 9.17) is 28.2 Å². The number of rotatable bonds is 3. The summed E-state index contributed by atoms with van der Waals surface area (Å²) in [5.74, 6) is 1.71. The summed E-state index contributed by atoms with van der Waals surface area (Å²) in [7, 11) is 0. The molecular weight excluding hydrogens is 354 g/mol. The summed E-state index contributed by atoms with van der Waals surface area (Å²) in [5.41, 5.74) is 1.87. The number of anilines is 1. The van der Waals surface area contributed by atoms with Crippen LogP contribution in [0, 0.1) is 6.92 Å². The number of halogens is 1. The van der Waals surface area contributed by atoms with Crippen molar-refractivity contribution in [2.75, 3.05) is 4.90 Å². The molecule has 4 nitrogen and oxygen atoms in total. The highest BCUT2D eigenvalue weighted by Crippen LogP contribution is 2.42. The van der Waals surface area contributed by atoms with Crippen LogP contribution in [0.15, 0.2) is 65.2 Å². The number of hydrogen-bond acceptors (Lipinski definition) is 3. The number of benzene rings is 1. The van der Waals surface area contributed by atoms with E-state index in [-0.39, 0.29) is 12.1 Å². The van der Waals surface area contributed by atoms with E-state index in [0.29, 0.717) is 10.1 Å². The second-order valence-electron chi connectivity index (χ2n) is 5.92. The molecule has 0 saturated carbocycles. The summed E-state index contributed by atoms with van der Waals surface area (Å²) < 4.78 is 5.95. The maximum atomic E-state index is 6.04. The van der Waals surface area contributed by atoms with Crippen molar-refractivity contribution in [3.05, 3.63) is 83.0 Å². The lowest BCUT2D eigenvalue weighted by Crippen LogP contribution is -2.29. The SMILES string of the molecule is Cc1ccc([C@@H]2[C@H](c3ccccn3)NC(=S)N2c2ccc(Cl)cc2)o1. The lowest BCUT2D eigenvalue weighted by molar-refractivity contribution is 0.418. The molecule has 1 saturated heterocycles.